The lowest BCUT2D eigenvalue weighted by Crippen LogP contribution is -2.44. The minimum atomic E-state index is 0.988. The number of hydrogen-bond donors (Lipinski definition) is 1. The van der Waals surface area contributed by atoms with Crippen molar-refractivity contribution in [1.82, 2.24) is 10.2 Å². The molecule has 0 unspecified atom stereocenters. The first-order valence-electron chi connectivity index (χ1n) is 6.50. The predicted octanol–water partition coefficient (Wildman–Crippen LogP) is 1.96. The van der Waals surface area contributed by atoms with Gasteiger partial charge in [0.1, 0.15) is 0 Å². The highest BCUT2D eigenvalue weighted by Crippen LogP contribution is 2.27. The Morgan fingerprint density at radius 1 is 1.07 bits per heavy atom. The van der Waals surface area contributed by atoms with Crippen LogP contribution in [0.1, 0.15) is 32.1 Å². The van der Waals surface area contributed by atoms with Crippen LogP contribution in [0.25, 0.3) is 0 Å². The van der Waals surface area contributed by atoms with Crippen molar-refractivity contribution in [3.05, 3.63) is 0 Å². The number of nitrogens with one attached hydrogen (secondary N) is 1. The molecule has 2 rings (SSSR count). The van der Waals surface area contributed by atoms with Gasteiger partial charge in [-0.25, -0.2) is 0 Å². The maximum absolute atomic E-state index is 3.41. The zero-order valence-corrected chi connectivity index (χ0v) is 10.5. The SMILES string of the molecule is C1CCC(SCCN2CCNCC2)CC1. The molecule has 2 nitrogen and oxygen atoms in total. The Bertz CT molecular complexity index is 145. The van der Waals surface area contributed by atoms with E-state index in [0.29, 0.717) is 0 Å². The lowest BCUT2D eigenvalue weighted by atomic mass is 10.0. The molecule has 0 amide bonds. The summed E-state index contributed by atoms with van der Waals surface area (Å²) in [6.07, 6.45) is 7.39. The fourth-order valence-electron chi connectivity index (χ4n) is 2.52. The van der Waals surface area contributed by atoms with Crippen molar-refractivity contribution in [2.24, 2.45) is 0 Å². The third kappa shape index (κ3) is 4.33. The Balaban J connectivity index is 1.53. The lowest BCUT2D eigenvalue weighted by molar-refractivity contribution is 0.255. The van der Waals surface area contributed by atoms with E-state index < -0.39 is 0 Å². The van der Waals surface area contributed by atoms with E-state index in [9.17, 15) is 0 Å². The molecule has 15 heavy (non-hydrogen) atoms. The van der Waals surface area contributed by atoms with Crippen LogP contribution in [-0.4, -0.2) is 48.6 Å². The molecule has 0 spiro atoms. The molecule has 1 heterocycles. The third-order valence-electron chi connectivity index (χ3n) is 3.52. The summed E-state index contributed by atoms with van der Waals surface area (Å²) in [6.45, 7) is 6.20. The van der Waals surface area contributed by atoms with Crippen LogP contribution in [0.5, 0.6) is 0 Å². The maximum Gasteiger partial charge on any atom is 0.0108 e. The lowest BCUT2D eigenvalue weighted by Gasteiger charge is -2.28. The van der Waals surface area contributed by atoms with Crippen LogP contribution in [0.3, 0.4) is 0 Å². The zero-order valence-electron chi connectivity index (χ0n) is 9.71. The zero-order chi connectivity index (χ0) is 10.3. The first kappa shape index (κ1) is 11.7. The van der Waals surface area contributed by atoms with Crippen LogP contribution in [0.4, 0.5) is 0 Å². The smallest absolute Gasteiger partial charge is 0.0108 e. The van der Waals surface area contributed by atoms with Gasteiger partial charge in [-0.3, -0.25) is 4.90 Å². The van der Waals surface area contributed by atoms with Gasteiger partial charge in [-0.2, -0.15) is 11.8 Å². The third-order valence-corrected chi connectivity index (χ3v) is 4.88. The van der Waals surface area contributed by atoms with Crippen molar-refractivity contribution >= 4 is 11.8 Å². The fourth-order valence-corrected chi connectivity index (χ4v) is 3.88. The Kier molecular flexibility index (Phi) is 5.30. The van der Waals surface area contributed by atoms with Crippen LogP contribution < -0.4 is 5.32 Å². The molecule has 1 N–H and O–H groups in total. The second-order valence-electron chi connectivity index (χ2n) is 4.72. The first-order valence-corrected chi connectivity index (χ1v) is 7.55. The van der Waals surface area contributed by atoms with E-state index in [4.69, 9.17) is 0 Å². The number of thioether (sulfide) groups is 1. The molecule has 0 aromatic rings. The van der Waals surface area contributed by atoms with Crippen molar-refractivity contribution in [3.8, 4) is 0 Å². The summed E-state index contributed by atoms with van der Waals surface area (Å²) >= 11 is 2.23. The van der Waals surface area contributed by atoms with Crippen molar-refractivity contribution in [2.45, 2.75) is 37.4 Å². The van der Waals surface area contributed by atoms with Gasteiger partial charge >= 0.3 is 0 Å². The highest BCUT2D eigenvalue weighted by atomic mass is 32.2. The molecule has 0 aromatic heterocycles. The van der Waals surface area contributed by atoms with Gasteiger partial charge in [0.25, 0.3) is 0 Å². The molecule has 0 radical (unpaired) electrons. The Morgan fingerprint density at radius 3 is 2.53 bits per heavy atom. The molecule has 0 bridgehead atoms. The minimum Gasteiger partial charge on any atom is -0.314 e. The molecule has 1 saturated heterocycles. The van der Waals surface area contributed by atoms with E-state index in [1.165, 1.54) is 70.6 Å². The fraction of sp³-hybridized carbons (Fsp3) is 1.00. The minimum absolute atomic E-state index is 0.988. The van der Waals surface area contributed by atoms with E-state index in [0.717, 1.165) is 5.25 Å². The Hall–Kier alpha value is 0.270. The summed E-state index contributed by atoms with van der Waals surface area (Å²) in [6, 6.07) is 0. The van der Waals surface area contributed by atoms with E-state index in [-0.39, 0.29) is 0 Å². The largest absolute Gasteiger partial charge is 0.314 e. The van der Waals surface area contributed by atoms with Gasteiger partial charge in [-0.1, -0.05) is 19.3 Å². The molecule has 88 valence electrons. The quantitative estimate of drug-likeness (QED) is 0.792. The summed E-state index contributed by atoms with van der Waals surface area (Å²) in [5, 5.41) is 4.39. The molecule has 2 fully saturated rings. The van der Waals surface area contributed by atoms with Crippen LogP contribution in [0, 0.1) is 0 Å². The molecule has 1 aliphatic heterocycles. The summed E-state index contributed by atoms with van der Waals surface area (Å²) < 4.78 is 0. The average Bonchev–Trinajstić information content (AvgIpc) is 2.32. The second-order valence-corrected chi connectivity index (χ2v) is 6.13. The van der Waals surface area contributed by atoms with Gasteiger partial charge in [0.05, 0.1) is 0 Å². The van der Waals surface area contributed by atoms with Gasteiger partial charge in [0, 0.05) is 43.7 Å². The summed E-state index contributed by atoms with van der Waals surface area (Å²) in [5.41, 5.74) is 0. The number of nitrogens with zero attached hydrogens (tertiary/aromatic N) is 1. The van der Waals surface area contributed by atoms with Crippen LogP contribution >= 0.6 is 11.8 Å². The van der Waals surface area contributed by atoms with Crippen LogP contribution in [0.2, 0.25) is 0 Å². The molecule has 2 aliphatic rings. The number of piperazine rings is 1. The van der Waals surface area contributed by atoms with Crippen molar-refractivity contribution in [2.75, 3.05) is 38.5 Å². The standard InChI is InChI=1S/C12H24N2S/c1-2-4-12(5-3-1)15-11-10-14-8-6-13-7-9-14/h12-13H,1-11H2. The molecule has 1 aliphatic carbocycles. The van der Waals surface area contributed by atoms with E-state index in [1.807, 2.05) is 0 Å². The molecule has 0 atom stereocenters. The molecule has 1 saturated carbocycles. The predicted molar refractivity (Wildman–Crippen MR) is 68.6 cm³/mol. The monoisotopic (exact) mass is 228 g/mol. The van der Waals surface area contributed by atoms with E-state index in [2.05, 4.69) is 22.0 Å². The Labute approximate surface area is 98.2 Å². The first-order chi connectivity index (χ1) is 7.45. The topological polar surface area (TPSA) is 15.3 Å². The van der Waals surface area contributed by atoms with E-state index in [1.54, 1.807) is 0 Å². The second kappa shape index (κ2) is 6.77. The highest BCUT2D eigenvalue weighted by Gasteiger charge is 2.14. The van der Waals surface area contributed by atoms with Gasteiger partial charge in [0.15, 0.2) is 0 Å². The van der Waals surface area contributed by atoms with Crippen molar-refractivity contribution in [3.63, 3.8) is 0 Å². The maximum atomic E-state index is 3.41. The highest BCUT2D eigenvalue weighted by molar-refractivity contribution is 7.99. The van der Waals surface area contributed by atoms with Crippen LogP contribution in [-0.2, 0) is 0 Å². The normalized spacial score (nSPS) is 25.6. The van der Waals surface area contributed by atoms with Gasteiger partial charge in [-0.05, 0) is 12.8 Å². The number of hydrogen-bond acceptors (Lipinski definition) is 3. The summed E-state index contributed by atoms with van der Waals surface area (Å²) in [5.74, 6) is 1.35. The summed E-state index contributed by atoms with van der Waals surface area (Å²) in [4.78, 5) is 2.60. The molecule has 0 aromatic carbocycles. The van der Waals surface area contributed by atoms with Crippen molar-refractivity contribution < 1.29 is 0 Å². The molecule has 3 heteroatoms. The van der Waals surface area contributed by atoms with Gasteiger partial charge in [0.2, 0.25) is 0 Å². The molecular formula is C12H24N2S. The van der Waals surface area contributed by atoms with Crippen molar-refractivity contribution in [1.29, 1.82) is 0 Å². The Morgan fingerprint density at radius 2 is 1.80 bits per heavy atom. The van der Waals surface area contributed by atoms with Gasteiger partial charge < -0.3 is 5.32 Å². The number of rotatable bonds is 4. The average molecular weight is 228 g/mol. The molecular weight excluding hydrogens is 204 g/mol. The summed E-state index contributed by atoms with van der Waals surface area (Å²) in [7, 11) is 0. The van der Waals surface area contributed by atoms with Gasteiger partial charge in [-0.15, -0.1) is 0 Å². The van der Waals surface area contributed by atoms with E-state index >= 15 is 0 Å². The van der Waals surface area contributed by atoms with Crippen LogP contribution in [0.15, 0.2) is 0 Å².